The summed E-state index contributed by atoms with van der Waals surface area (Å²) in [5.41, 5.74) is -2.82. The number of benzene rings is 3. The van der Waals surface area contributed by atoms with Crippen LogP contribution in [0.15, 0.2) is 72.8 Å². The molecule has 1 aliphatic heterocycles. The van der Waals surface area contributed by atoms with Crippen LogP contribution in [0.2, 0.25) is 5.02 Å². The molecule has 4 atom stereocenters. The van der Waals surface area contributed by atoms with Crippen LogP contribution in [0.4, 0.5) is 0 Å². The fraction of sp³-hybridized carbons (Fsp3) is 0.231. The summed E-state index contributed by atoms with van der Waals surface area (Å²) in [6.45, 7) is 0.263. The maximum absolute atomic E-state index is 13.8. The first-order valence-corrected chi connectivity index (χ1v) is 11.6. The van der Waals surface area contributed by atoms with Crippen LogP contribution in [0.25, 0.3) is 0 Å². The summed E-state index contributed by atoms with van der Waals surface area (Å²) in [4.78, 5) is 26.3. The van der Waals surface area contributed by atoms with Gasteiger partial charge >= 0.3 is 5.97 Å². The number of carbonyl (C=O) groups is 2. The monoisotopic (exact) mass is 498 g/mol. The van der Waals surface area contributed by atoms with Crippen LogP contribution in [0.1, 0.15) is 22.6 Å². The van der Waals surface area contributed by atoms with Gasteiger partial charge in [-0.05, 0) is 35.4 Å². The third kappa shape index (κ3) is 3.06. The van der Waals surface area contributed by atoms with Gasteiger partial charge in [-0.3, -0.25) is 9.59 Å². The minimum atomic E-state index is -2.26. The van der Waals surface area contributed by atoms with Crippen LogP contribution in [0.3, 0.4) is 0 Å². The number of alkyl halides is 1. The molecule has 34 heavy (non-hydrogen) atoms. The molecule has 2 aliphatic rings. The largest absolute Gasteiger partial charge is 0.492 e. The number of fused-ring (bicyclic) bond motifs is 3. The standard InChI is InChI=1S/C26H20Cl2O6/c27-12-13-33-18-10-11-19-20(14-18)34-26(16-6-8-17(28)9-7-16)22(15-4-2-1-3-5-15)21(24(30)31)23(29)25(19,26)32/h1-11,14,21-22,32H,12-13H2,(H,30,31). The van der Waals surface area contributed by atoms with Crippen molar-refractivity contribution in [1.82, 2.24) is 0 Å². The van der Waals surface area contributed by atoms with Crippen LogP contribution >= 0.6 is 23.2 Å². The highest BCUT2D eigenvalue weighted by Crippen LogP contribution is 2.67. The summed E-state index contributed by atoms with van der Waals surface area (Å²) >= 11 is 11.8. The molecule has 1 fully saturated rings. The molecule has 0 bridgehead atoms. The van der Waals surface area contributed by atoms with Crippen LogP contribution in [-0.4, -0.2) is 34.5 Å². The first-order valence-electron chi connectivity index (χ1n) is 10.7. The Bertz CT molecular complexity index is 1260. The normalized spacial score (nSPS) is 27.1. The van der Waals surface area contributed by atoms with Gasteiger partial charge in [-0.1, -0.05) is 54.1 Å². The van der Waals surface area contributed by atoms with Crippen molar-refractivity contribution in [2.45, 2.75) is 17.1 Å². The molecule has 0 saturated heterocycles. The van der Waals surface area contributed by atoms with Crippen molar-refractivity contribution in [1.29, 1.82) is 0 Å². The molecular formula is C26H20Cl2O6. The third-order valence-corrected chi connectivity index (χ3v) is 7.01. The van der Waals surface area contributed by atoms with Gasteiger partial charge in [0.1, 0.15) is 24.0 Å². The number of Topliss-reactive ketones (excluding diaryl/α,β-unsaturated/α-hetero) is 1. The highest BCUT2D eigenvalue weighted by molar-refractivity contribution is 6.30. The summed E-state index contributed by atoms with van der Waals surface area (Å²) in [6, 6.07) is 20.0. The van der Waals surface area contributed by atoms with Gasteiger partial charge in [0.15, 0.2) is 17.0 Å². The van der Waals surface area contributed by atoms with Gasteiger partial charge < -0.3 is 19.7 Å². The second kappa shape index (κ2) is 8.31. The van der Waals surface area contributed by atoms with E-state index >= 15 is 0 Å². The first-order chi connectivity index (χ1) is 16.3. The third-order valence-electron chi connectivity index (χ3n) is 6.61. The van der Waals surface area contributed by atoms with Crippen molar-refractivity contribution in [2.75, 3.05) is 12.5 Å². The van der Waals surface area contributed by atoms with Crippen molar-refractivity contribution in [3.8, 4) is 11.5 Å². The Balaban J connectivity index is 1.80. The van der Waals surface area contributed by atoms with Gasteiger partial charge in [-0.2, -0.15) is 0 Å². The number of hydrogen-bond donors (Lipinski definition) is 2. The summed E-state index contributed by atoms with van der Waals surface area (Å²) in [5, 5.41) is 22.8. The zero-order chi connectivity index (χ0) is 24.1. The molecule has 5 rings (SSSR count). The summed E-state index contributed by atoms with van der Waals surface area (Å²) in [5.74, 6) is -3.76. The van der Waals surface area contributed by atoms with E-state index in [-0.39, 0.29) is 23.8 Å². The van der Waals surface area contributed by atoms with Crippen LogP contribution in [0, 0.1) is 5.92 Å². The molecule has 1 saturated carbocycles. The molecular weight excluding hydrogens is 479 g/mol. The Hall–Kier alpha value is -3.06. The van der Waals surface area contributed by atoms with Crippen molar-refractivity contribution in [3.63, 3.8) is 0 Å². The lowest BCUT2D eigenvalue weighted by molar-refractivity contribution is -0.154. The van der Waals surface area contributed by atoms with E-state index in [9.17, 15) is 19.8 Å². The second-order valence-electron chi connectivity index (χ2n) is 8.32. The first kappa shape index (κ1) is 22.7. The minimum absolute atomic E-state index is 0.190. The quantitative estimate of drug-likeness (QED) is 0.383. The fourth-order valence-electron chi connectivity index (χ4n) is 5.28. The molecule has 4 unspecified atom stereocenters. The van der Waals surface area contributed by atoms with E-state index in [1.807, 2.05) is 0 Å². The van der Waals surface area contributed by atoms with Crippen molar-refractivity contribution in [3.05, 3.63) is 94.5 Å². The minimum Gasteiger partial charge on any atom is -0.492 e. The maximum Gasteiger partial charge on any atom is 0.314 e. The van der Waals surface area contributed by atoms with Crippen LogP contribution in [-0.2, 0) is 20.8 Å². The number of carboxylic acids is 1. The smallest absolute Gasteiger partial charge is 0.314 e. The summed E-state index contributed by atoms with van der Waals surface area (Å²) in [7, 11) is 0. The molecule has 3 aromatic carbocycles. The number of carbonyl (C=O) groups excluding carboxylic acids is 1. The molecule has 2 N–H and O–H groups in total. The molecule has 1 heterocycles. The SMILES string of the molecule is O=C(O)C1C(=O)C2(O)c3ccc(OCCCl)cc3OC2(c2ccc(Cl)cc2)C1c1ccccc1. The van der Waals surface area contributed by atoms with E-state index < -0.39 is 34.8 Å². The van der Waals surface area contributed by atoms with E-state index in [4.69, 9.17) is 32.7 Å². The van der Waals surface area contributed by atoms with E-state index in [1.165, 1.54) is 0 Å². The molecule has 3 aromatic rings. The van der Waals surface area contributed by atoms with Gasteiger partial charge in [0.2, 0.25) is 0 Å². The zero-order valence-electron chi connectivity index (χ0n) is 17.8. The molecule has 0 amide bonds. The Labute approximate surface area is 205 Å². The Morgan fingerprint density at radius 2 is 1.76 bits per heavy atom. The molecule has 0 spiro atoms. The molecule has 6 nitrogen and oxygen atoms in total. The number of carboxylic acid groups (broad SMARTS) is 1. The number of aliphatic carboxylic acids is 1. The second-order valence-corrected chi connectivity index (χ2v) is 9.13. The lowest BCUT2D eigenvalue weighted by atomic mass is 9.71. The summed E-state index contributed by atoms with van der Waals surface area (Å²) < 4.78 is 12.1. The summed E-state index contributed by atoms with van der Waals surface area (Å²) in [6.07, 6.45) is 0. The van der Waals surface area contributed by atoms with Gasteiger partial charge in [0, 0.05) is 16.7 Å². The van der Waals surface area contributed by atoms with Crippen molar-refractivity contribution < 1.29 is 29.3 Å². The Morgan fingerprint density at radius 1 is 1.06 bits per heavy atom. The zero-order valence-corrected chi connectivity index (χ0v) is 19.3. The van der Waals surface area contributed by atoms with Gasteiger partial charge in [0.05, 0.1) is 11.8 Å². The number of rotatable bonds is 6. The van der Waals surface area contributed by atoms with E-state index in [0.29, 0.717) is 21.9 Å². The van der Waals surface area contributed by atoms with Gasteiger partial charge in [-0.15, -0.1) is 11.6 Å². The number of hydrogen-bond acceptors (Lipinski definition) is 5. The van der Waals surface area contributed by atoms with E-state index in [2.05, 4.69) is 0 Å². The molecule has 0 aromatic heterocycles. The lowest BCUT2D eigenvalue weighted by Gasteiger charge is -2.39. The fourth-order valence-corrected chi connectivity index (χ4v) is 5.49. The predicted molar refractivity (Wildman–Crippen MR) is 126 cm³/mol. The highest BCUT2D eigenvalue weighted by Gasteiger charge is 2.77. The van der Waals surface area contributed by atoms with Crippen molar-refractivity contribution in [2.24, 2.45) is 5.92 Å². The molecule has 1 aliphatic carbocycles. The van der Waals surface area contributed by atoms with E-state index in [0.717, 1.165) is 0 Å². The lowest BCUT2D eigenvalue weighted by Crippen LogP contribution is -2.50. The number of ketones is 1. The van der Waals surface area contributed by atoms with Gasteiger partial charge in [0.25, 0.3) is 0 Å². The average molecular weight is 499 g/mol. The van der Waals surface area contributed by atoms with E-state index in [1.54, 1.807) is 72.8 Å². The molecule has 0 radical (unpaired) electrons. The van der Waals surface area contributed by atoms with Crippen LogP contribution in [0.5, 0.6) is 11.5 Å². The highest BCUT2D eigenvalue weighted by atomic mass is 35.5. The maximum atomic E-state index is 13.8. The number of halogens is 2. The van der Waals surface area contributed by atoms with Crippen molar-refractivity contribution >= 4 is 35.0 Å². The molecule has 8 heteroatoms. The number of aliphatic hydroxyl groups is 1. The predicted octanol–water partition coefficient (Wildman–Crippen LogP) is 4.50. The topological polar surface area (TPSA) is 93.1 Å². The molecule has 174 valence electrons. The number of ether oxygens (including phenoxy) is 2. The Kier molecular flexibility index (Phi) is 5.55. The average Bonchev–Trinajstić information content (AvgIpc) is 3.21. The Morgan fingerprint density at radius 3 is 2.41 bits per heavy atom. The van der Waals surface area contributed by atoms with Gasteiger partial charge in [-0.25, -0.2) is 0 Å². The van der Waals surface area contributed by atoms with Crippen LogP contribution < -0.4 is 9.47 Å².